The first-order valence-corrected chi connectivity index (χ1v) is 5.89. The van der Waals surface area contributed by atoms with Gasteiger partial charge in [0.25, 0.3) is 0 Å². The lowest BCUT2D eigenvalue weighted by molar-refractivity contribution is 0.0980. The summed E-state index contributed by atoms with van der Waals surface area (Å²) < 4.78 is 0. The van der Waals surface area contributed by atoms with E-state index in [4.69, 9.17) is 0 Å². The summed E-state index contributed by atoms with van der Waals surface area (Å²) in [6.45, 7) is 1.98. The van der Waals surface area contributed by atoms with E-state index in [-0.39, 0.29) is 11.5 Å². The van der Waals surface area contributed by atoms with Crippen LogP contribution >= 0.6 is 0 Å². The Hall–Kier alpha value is -2.16. The standard InChI is InChI=1S/C15H15NO2/c1-11-6-7-12(16-10-11)8-9-15(18)13-4-2-3-5-14(13)17/h2-7,10,17H,8-9H2,1H3. The van der Waals surface area contributed by atoms with Crippen LogP contribution in [0.3, 0.4) is 0 Å². The number of hydrogen-bond donors (Lipinski definition) is 1. The molecule has 18 heavy (non-hydrogen) atoms. The molecule has 0 saturated heterocycles. The largest absolute Gasteiger partial charge is 0.507 e. The smallest absolute Gasteiger partial charge is 0.166 e. The minimum Gasteiger partial charge on any atom is -0.507 e. The van der Waals surface area contributed by atoms with E-state index >= 15 is 0 Å². The predicted molar refractivity (Wildman–Crippen MR) is 69.7 cm³/mol. The molecule has 0 fully saturated rings. The summed E-state index contributed by atoms with van der Waals surface area (Å²) in [5, 5.41) is 9.58. The monoisotopic (exact) mass is 241 g/mol. The number of pyridine rings is 1. The number of aromatic nitrogens is 1. The van der Waals surface area contributed by atoms with Crippen molar-refractivity contribution in [3.63, 3.8) is 0 Å². The highest BCUT2D eigenvalue weighted by Crippen LogP contribution is 2.18. The van der Waals surface area contributed by atoms with Gasteiger partial charge in [0.1, 0.15) is 5.75 Å². The van der Waals surface area contributed by atoms with Gasteiger partial charge in [0.15, 0.2) is 5.78 Å². The second-order valence-electron chi connectivity index (χ2n) is 4.27. The van der Waals surface area contributed by atoms with Crippen molar-refractivity contribution >= 4 is 5.78 Å². The van der Waals surface area contributed by atoms with Crippen LogP contribution in [0.4, 0.5) is 0 Å². The first-order valence-electron chi connectivity index (χ1n) is 5.89. The van der Waals surface area contributed by atoms with E-state index in [1.807, 2.05) is 19.1 Å². The van der Waals surface area contributed by atoms with Gasteiger partial charge in [0.05, 0.1) is 5.56 Å². The molecule has 1 aromatic heterocycles. The zero-order chi connectivity index (χ0) is 13.0. The number of para-hydroxylation sites is 1. The van der Waals surface area contributed by atoms with E-state index in [1.165, 1.54) is 6.07 Å². The van der Waals surface area contributed by atoms with Crippen molar-refractivity contribution in [2.75, 3.05) is 0 Å². The molecule has 0 amide bonds. The van der Waals surface area contributed by atoms with Crippen molar-refractivity contribution in [2.45, 2.75) is 19.8 Å². The number of hydrogen-bond acceptors (Lipinski definition) is 3. The number of benzene rings is 1. The maximum atomic E-state index is 11.9. The molecule has 0 saturated carbocycles. The lowest BCUT2D eigenvalue weighted by Crippen LogP contribution is -2.02. The van der Waals surface area contributed by atoms with Crippen molar-refractivity contribution in [3.8, 4) is 5.75 Å². The van der Waals surface area contributed by atoms with Crippen molar-refractivity contribution in [2.24, 2.45) is 0 Å². The van der Waals surface area contributed by atoms with Gasteiger partial charge in [-0.25, -0.2) is 0 Å². The Kier molecular flexibility index (Phi) is 3.72. The summed E-state index contributed by atoms with van der Waals surface area (Å²) in [5.41, 5.74) is 2.37. The lowest BCUT2D eigenvalue weighted by atomic mass is 10.0. The fourth-order valence-electron chi connectivity index (χ4n) is 1.73. The highest BCUT2D eigenvalue weighted by atomic mass is 16.3. The number of rotatable bonds is 4. The fraction of sp³-hybridized carbons (Fsp3) is 0.200. The Bertz CT molecular complexity index is 547. The van der Waals surface area contributed by atoms with Gasteiger partial charge >= 0.3 is 0 Å². The maximum absolute atomic E-state index is 11.9. The molecule has 0 aliphatic rings. The molecule has 1 aromatic carbocycles. The van der Waals surface area contributed by atoms with Gasteiger partial charge in [-0.2, -0.15) is 0 Å². The van der Waals surface area contributed by atoms with Gasteiger partial charge in [0, 0.05) is 18.3 Å². The van der Waals surface area contributed by atoms with E-state index in [0.29, 0.717) is 18.4 Å². The van der Waals surface area contributed by atoms with Crippen molar-refractivity contribution in [1.82, 2.24) is 4.98 Å². The topological polar surface area (TPSA) is 50.2 Å². The quantitative estimate of drug-likeness (QED) is 0.837. The molecule has 0 aliphatic heterocycles. The van der Waals surface area contributed by atoms with Gasteiger partial charge in [-0.05, 0) is 37.1 Å². The van der Waals surface area contributed by atoms with Crippen LogP contribution in [-0.2, 0) is 6.42 Å². The van der Waals surface area contributed by atoms with Gasteiger partial charge < -0.3 is 5.11 Å². The molecule has 92 valence electrons. The molecule has 2 rings (SSSR count). The van der Waals surface area contributed by atoms with Crippen molar-refractivity contribution in [1.29, 1.82) is 0 Å². The van der Waals surface area contributed by atoms with Crippen LogP contribution < -0.4 is 0 Å². The van der Waals surface area contributed by atoms with Crippen LogP contribution in [-0.4, -0.2) is 15.9 Å². The molecule has 0 spiro atoms. The Balaban J connectivity index is 2.01. The molecule has 1 N–H and O–H groups in total. The maximum Gasteiger partial charge on any atom is 0.166 e. The predicted octanol–water partition coefficient (Wildman–Crippen LogP) is 2.91. The summed E-state index contributed by atoms with van der Waals surface area (Å²) in [6.07, 6.45) is 2.74. The van der Waals surface area contributed by atoms with Crippen LogP contribution in [0.15, 0.2) is 42.6 Å². The normalized spacial score (nSPS) is 10.3. The minimum absolute atomic E-state index is 0.0411. The first kappa shape index (κ1) is 12.3. The zero-order valence-electron chi connectivity index (χ0n) is 10.3. The second kappa shape index (κ2) is 5.45. The Morgan fingerprint density at radius 2 is 2.00 bits per heavy atom. The Labute approximate surface area is 106 Å². The molecule has 0 unspecified atom stereocenters. The molecule has 0 bridgehead atoms. The van der Waals surface area contributed by atoms with Crippen LogP contribution in [0.1, 0.15) is 28.0 Å². The van der Waals surface area contributed by atoms with Crippen LogP contribution in [0.2, 0.25) is 0 Å². The third-order valence-electron chi connectivity index (χ3n) is 2.79. The highest BCUT2D eigenvalue weighted by Gasteiger charge is 2.10. The van der Waals surface area contributed by atoms with E-state index in [9.17, 15) is 9.90 Å². The molecule has 0 aliphatic carbocycles. The summed E-state index contributed by atoms with van der Waals surface area (Å²) in [7, 11) is 0. The molecule has 3 heteroatoms. The van der Waals surface area contributed by atoms with Crippen LogP contribution in [0.25, 0.3) is 0 Å². The average molecular weight is 241 g/mol. The van der Waals surface area contributed by atoms with E-state index < -0.39 is 0 Å². The molecule has 0 radical (unpaired) electrons. The number of aromatic hydroxyl groups is 1. The number of nitrogens with zero attached hydrogens (tertiary/aromatic N) is 1. The van der Waals surface area contributed by atoms with E-state index in [2.05, 4.69) is 4.98 Å². The molecular formula is C15H15NO2. The number of aryl methyl sites for hydroxylation is 2. The highest BCUT2D eigenvalue weighted by molar-refractivity contribution is 5.98. The van der Waals surface area contributed by atoms with Gasteiger partial charge in [0.2, 0.25) is 0 Å². The third-order valence-corrected chi connectivity index (χ3v) is 2.79. The molecule has 2 aromatic rings. The summed E-state index contributed by atoms with van der Waals surface area (Å²) in [5.74, 6) is -0.0187. The SMILES string of the molecule is Cc1ccc(CCC(=O)c2ccccc2O)nc1. The first-order chi connectivity index (χ1) is 8.66. The minimum atomic E-state index is -0.0597. The summed E-state index contributed by atoms with van der Waals surface area (Å²) >= 11 is 0. The molecule has 3 nitrogen and oxygen atoms in total. The summed E-state index contributed by atoms with van der Waals surface area (Å²) in [6, 6.07) is 10.5. The number of Topliss-reactive ketones (excluding diaryl/α,β-unsaturated/α-hetero) is 1. The van der Waals surface area contributed by atoms with Crippen molar-refractivity contribution in [3.05, 3.63) is 59.4 Å². The van der Waals surface area contributed by atoms with Crippen LogP contribution in [0, 0.1) is 6.92 Å². The van der Waals surface area contributed by atoms with Crippen LogP contribution in [0.5, 0.6) is 5.75 Å². The number of phenolic OH excluding ortho intramolecular Hbond substituents is 1. The number of carbonyl (C=O) groups excluding carboxylic acids is 1. The number of carbonyl (C=O) groups is 1. The van der Waals surface area contributed by atoms with Gasteiger partial charge in [-0.15, -0.1) is 0 Å². The molecule has 0 atom stereocenters. The zero-order valence-corrected chi connectivity index (χ0v) is 10.3. The van der Waals surface area contributed by atoms with Gasteiger partial charge in [-0.3, -0.25) is 9.78 Å². The van der Waals surface area contributed by atoms with Gasteiger partial charge in [-0.1, -0.05) is 18.2 Å². The third kappa shape index (κ3) is 2.94. The van der Waals surface area contributed by atoms with E-state index in [1.54, 1.807) is 24.4 Å². The van der Waals surface area contributed by atoms with E-state index in [0.717, 1.165) is 11.3 Å². The Morgan fingerprint density at radius 3 is 2.67 bits per heavy atom. The summed E-state index contributed by atoms with van der Waals surface area (Å²) in [4.78, 5) is 16.2. The molecule has 1 heterocycles. The average Bonchev–Trinajstić information content (AvgIpc) is 2.38. The van der Waals surface area contributed by atoms with Crippen molar-refractivity contribution < 1.29 is 9.90 Å². The fourth-order valence-corrected chi connectivity index (χ4v) is 1.73. The lowest BCUT2D eigenvalue weighted by Gasteiger charge is -2.03. The Morgan fingerprint density at radius 1 is 1.22 bits per heavy atom. The molecular weight excluding hydrogens is 226 g/mol. The second-order valence-corrected chi connectivity index (χ2v) is 4.27. The number of phenols is 1. The number of ketones is 1.